The van der Waals surface area contributed by atoms with Gasteiger partial charge in [-0.25, -0.2) is 12.8 Å². The van der Waals surface area contributed by atoms with E-state index in [1.54, 1.807) is 0 Å². The van der Waals surface area contributed by atoms with E-state index in [0.29, 0.717) is 6.42 Å². The van der Waals surface area contributed by atoms with Crippen LogP contribution in [0.2, 0.25) is 0 Å². The number of benzene rings is 1. The Morgan fingerprint density at radius 3 is 2.67 bits per heavy atom. The maximum Gasteiger partial charge on any atom is 0.178 e. The molecule has 0 unspecified atom stereocenters. The van der Waals surface area contributed by atoms with Crippen molar-refractivity contribution >= 4 is 26.9 Å². The molecule has 0 radical (unpaired) electrons. The molecule has 2 N–H and O–H groups in total. The number of aryl methyl sites for hydroxylation is 1. The van der Waals surface area contributed by atoms with Crippen molar-refractivity contribution in [1.82, 2.24) is 0 Å². The molecule has 0 fully saturated rings. The van der Waals surface area contributed by atoms with Crippen LogP contribution in [0.3, 0.4) is 0 Å². The smallest absolute Gasteiger partial charge is 0.178 e. The summed E-state index contributed by atoms with van der Waals surface area (Å²) in [5.41, 5.74) is 5.27. The molecule has 0 amide bonds. The van der Waals surface area contributed by atoms with Crippen molar-refractivity contribution in [2.45, 2.75) is 11.3 Å². The van der Waals surface area contributed by atoms with E-state index in [1.165, 1.54) is 23.5 Å². The molecular weight excluding hydrogens is 273 g/mol. The average molecular weight is 285 g/mol. The van der Waals surface area contributed by atoms with Crippen LogP contribution in [0, 0.1) is 5.82 Å². The fourth-order valence-electron chi connectivity index (χ4n) is 1.51. The van der Waals surface area contributed by atoms with Crippen LogP contribution in [0.1, 0.15) is 4.88 Å². The van der Waals surface area contributed by atoms with Gasteiger partial charge in [-0.05, 0) is 36.1 Å². The highest BCUT2D eigenvalue weighted by Gasteiger charge is 2.16. The lowest BCUT2D eigenvalue weighted by Gasteiger charge is -2.05. The Bertz CT molecular complexity index is 636. The number of nitrogens with two attached hydrogens (primary N) is 1. The summed E-state index contributed by atoms with van der Waals surface area (Å²) in [6, 6.07) is 7.33. The monoisotopic (exact) mass is 285 g/mol. The molecule has 1 aromatic carbocycles. The van der Waals surface area contributed by atoms with Gasteiger partial charge in [0, 0.05) is 4.88 Å². The Morgan fingerprint density at radius 1 is 1.28 bits per heavy atom. The lowest BCUT2D eigenvalue weighted by Crippen LogP contribution is -2.09. The molecule has 2 aromatic rings. The molecule has 0 saturated heterocycles. The topological polar surface area (TPSA) is 60.2 Å². The zero-order chi connectivity index (χ0) is 13.2. The second-order valence-corrected chi connectivity index (χ2v) is 6.97. The number of sulfone groups is 1. The van der Waals surface area contributed by atoms with Crippen molar-refractivity contribution in [2.24, 2.45) is 0 Å². The molecule has 0 atom stereocenters. The fraction of sp³-hybridized carbons (Fsp3) is 0.167. The number of hydrogen-bond acceptors (Lipinski definition) is 4. The molecule has 0 aliphatic heterocycles. The first-order valence-electron chi connectivity index (χ1n) is 5.29. The first-order chi connectivity index (χ1) is 8.49. The maximum atomic E-state index is 13.2. The zero-order valence-corrected chi connectivity index (χ0v) is 11.1. The third-order valence-corrected chi connectivity index (χ3v) is 5.18. The fourth-order valence-corrected chi connectivity index (χ4v) is 3.63. The van der Waals surface area contributed by atoms with Crippen LogP contribution < -0.4 is 5.73 Å². The van der Waals surface area contributed by atoms with Gasteiger partial charge in [0.05, 0.1) is 16.3 Å². The second kappa shape index (κ2) is 5.07. The van der Waals surface area contributed by atoms with Gasteiger partial charge in [-0.2, -0.15) is 0 Å². The third kappa shape index (κ3) is 2.88. The summed E-state index contributed by atoms with van der Waals surface area (Å²) in [7, 11) is -3.46. The van der Waals surface area contributed by atoms with Crippen molar-refractivity contribution in [3.63, 3.8) is 0 Å². The van der Waals surface area contributed by atoms with E-state index in [2.05, 4.69) is 0 Å². The number of anilines is 1. The normalized spacial score (nSPS) is 11.6. The Morgan fingerprint density at radius 2 is 2.06 bits per heavy atom. The average Bonchev–Trinajstić information content (AvgIpc) is 2.83. The Kier molecular flexibility index (Phi) is 3.68. The SMILES string of the molecule is Nc1ccc(S(=O)(=O)CCc2cccs2)cc1F. The Hall–Kier alpha value is -1.40. The highest BCUT2D eigenvalue weighted by atomic mass is 32.2. The summed E-state index contributed by atoms with van der Waals surface area (Å²) in [6.07, 6.45) is 0.437. The lowest BCUT2D eigenvalue weighted by molar-refractivity contribution is 0.591. The molecule has 0 spiro atoms. The van der Waals surface area contributed by atoms with Crippen molar-refractivity contribution < 1.29 is 12.8 Å². The van der Waals surface area contributed by atoms with E-state index in [9.17, 15) is 12.8 Å². The van der Waals surface area contributed by atoms with Crippen molar-refractivity contribution in [2.75, 3.05) is 11.5 Å². The van der Waals surface area contributed by atoms with Gasteiger partial charge in [0.25, 0.3) is 0 Å². The molecule has 1 aromatic heterocycles. The minimum absolute atomic E-state index is 0.0224. The molecule has 2 rings (SSSR count). The largest absolute Gasteiger partial charge is 0.396 e. The number of hydrogen-bond donors (Lipinski definition) is 1. The summed E-state index contributed by atoms with van der Waals surface area (Å²) < 4.78 is 37.2. The van der Waals surface area contributed by atoms with Crippen LogP contribution in [-0.4, -0.2) is 14.2 Å². The predicted octanol–water partition coefficient (Wildman–Crippen LogP) is 2.49. The van der Waals surface area contributed by atoms with E-state index >= 15 is 0 Å². The lowest BCUT2D eigenvalue weighted by atomic mass is 10.3. The van der Waals surface area contributed by atoms with Gasteiger partial charge in [-0.15, -0.1) is 11.3 Å². The van der Waals surface area contributed by atoms with Gasteiger partial charge in [0.1, 0.15) is 5.82 Å². The molecule has 0 saturated carbocycles. The minimum atomic E-state index is -3.46. The Labute approximate surface area is 109 Å². The number of halogens is 1. The van der Waals surface area contributed by atoms with Crippen LogP contribution in [0.25, 0.3) is 0 Å². The molecule has 1 heterocycles. The van der Waals surface area contributed by atoms with Crippen LogP contribution >= 0.6 is 11.3 Å². The molecular formula is C12H12FNO2S2. The summed E-state index contributed by atoms with van der Waals surface area (Å²) in [5.74, 6) is -0.733. The van der Waals surface area contributed by atoms with Gasteiger partial charge in [0.2, 0.25) is 0 Å². The molecule has 0 bridgehead atoms. The van der Waals surface area contributed by atoms with Gasteiger partial charge < -0.3 is 5.73 Å². The van der Waals surface area contributed by atoms with Gasteiger partial charge >= 0.3 is 0 Å². The molecule has 6 heteroatoms. The van der Waals surface area contributed by atoms with Crippen LogP contribution in [0.4, 0.5) is 10.1 Å². The summed E-state index contributed by atoms with van der Waals surface area (Å²) in [5, 5.41) is 1.89. The highest BCUT2D eigenvalue weighted by Crippen LogP contribution is 2.19. The van der Waals surface area contributed by atoms with Crippen molar-refractivity contribution in [3.05, 3.63) is 46.4 Å². The summed E-state index contributed by atoms with van der Waals surface area (Å²) in [4.78, 5) is 0.972. The van der Waals surface area contributed by atoms with Crippen molar-refractivity contribution in [3.8, 4) is 0 Å². The molecule has 3 nitrogen and oxygen atoms in total. The van der Waals surface area contributed by atoms with E-state index in [-0.39, 0.29) is 16.3 Å². The summed E-state index contributed by atoms with van der Waals surface area (Å²) in [6.45, 7) is 0. The van der Waals surface area contributed by atoms with Gasteiger partial charge in [-0.3, -0.25) is 0 Å². The van der Waals surface area contributed by atoms with E-state index < -0.39 is 15.7 Å². The molecule has 96 valence electrons. The zero-order valence-electron chi connectivity index (χ0n) is 9.47. The van der Waals surface area contributed by atoms with E-state index in [1.807, 2.05) is 17.5 Å². The predicted molar refractivity (Wildman–Crippen MR) is 70.9 cm³/mol. The number of nitrogen functional groups attached to an aromatic ring is 1. The molecule has 0 aliphatic rings. The Balaban J connectivity index is 2.17. The van der Waals surface area contributed by atoms with Gasteiger partial charge in [0.15, 0.2) is 9.84 Å². The third-order valence-electron chi connectivity index (χ3n) is 2.53. The summed E-state index contributed by atoms with van der Waals surface area (Å²) >= 11 is 1.51. The standard InChI is InChI=1S/C12H12FNO2S2/c13-11-8-10(3-4-12(11)14)18(15,16)7-5-9-2-1-6-17-9/h1-4,6,8H,5,7,14H2. The number of thiophene rings is 1. The van der Waals surface area contributed by atoms with Crippen LogP contribution in [0.15, 0.2) is 40.6 Å². The maximum absolute atomic E-state index is 13.2. The van der Waals surface area contributed by atoms with Crippen molar-refractivity contribution in [1.29, 1.82) is 0 Å². The number of rotatable bonds is 4. The first kappa shape index (κ1) is 13.0. The minimum Gasteiger partial charge on any atom is -0.396 e. The van der Waals surface area contributed by atoms with Crippen LogP contribution in [0.5, 0.6) is 0 Å². The first-order valence-corrected chi connectivity index (χ1v) is 7.82. The van der Waals surface area contributed by atoms with E-state index in [4.69, 9.17) is 5.73 Å². The van der Waals surface area contributed by atoms with Gasteiger partial charge in [-0.1, -0.05) is 6.07 Å². The highest BCUT2D eigenvalue weighted by molar-refractivity contribution is 7.91. The second-order valence-electron chi connectivity index (χ2n) is 3.83. The van der Waals surface area contributed by atoms with Crippen LogP contribution in [-0.2, 0) is 16.3 Å². The molecule has 18 heavy (non-hydrogen) atoms. The molecule has 0 aliphatic carbocycles. The quantitative estimate of drug-likeness (QED) is 0.878. The van der Waals surface area contributed by atoms with E-state index in [0.717, 1.165) is 10.9 Å².